The lowest BCUT2D eigenvalue weighted by atomic mass is 10.3. The van der Waals surface area contributed by atoms with Crippen molar-refractivity contribution in [1.29, 1.82) is 0 Å². The average molecular weight is 264 g/mol. The van der Waals surface area contributed by atoms with E-state index in [0.717, 1.165) is 6.42 Å². The highest BCUT2D eigenvalue weighted by Crippen LogP contribution is 2.18. The Hall–Kier alpha value is -1.62. The van der Waals surface area contributed by atoms with Crippen LogP contribution in [0.4, 0.5) is 0 Å². The Morgan fingerprint density at radius 2 is 2.17 bits per heavy atom. The monoisotopic (exact) mass is 264 g/mol. The van der Waals surface area contributed by atoms with Gasteiger partial charge < -0.3 is 4.74 Å². The van der Waals surface area contributed by atoms with Gasteiger partial charge in [0.2, 0.25) is 0 Å². The van der Waals surface area contributed by atoms with Crippen molar-refractivity contribution < 1.29 is 9.53 Å². The lowest BCUT2D eigenvalue weighted by Crippen LogP contribution is -2.03. The quantitative estimate of drug-likeness (QED) is 0.780. The zero-order chi connectivity index (χ0) is 13.0. The molecule has 96 valence electrons. The molecule has 0 radical (unpaired) electrons. The molecule has 0 aliphatic rings. The second kappa shape index (κ2) is 5.82. The van der Waals surface area contributed by atoms with E-state index in [1.165, 1.54) is 9.75 Å². The molecule has 0 saturated carbocycles. The fourth-order valence-corrected chi connectivity index (χ4v) is 2.58. The minimum Gasteiger partial charge on any atom is -0.462 e. The zero-order valence-electron chi connectivity index (χ0n) is 10.5. The summed E-state index contributed by atoms with van der Waals surface area (Å²) >= 11 is 1.78. The Kier molecular flexibility index (Phi) is 4.15. The number of hydrogen-bond donors (Lipinski definition) is 0. The van der Waals surface area contributed by atoms with Gasteiger partial charge in [-0.1, -0.05) is 6.92 Å². The van der Waals surface area contributed by atoms with Crippen molar-refractivity contribution in [3.05, 3.63) is 39.8 Å². The van der Waals surface area contributed by atoms with E-state index < -0.39 is 0 Å². The van der Waals surface area contributed by atoms with Gasteiger partial charge in [-0.25, -0.2) is 4.79 Å². The molecule has 0 aromatic carbocycles. The number of aromatic nitrogens is 2. The van der Waals surface area contributed by atoms with E-state index in [1.54, 1.807) is 35.3 Å². The van der Waals surface area contributed by atoms with E-state index in [9.17, 15) is 4.79 Å². The topological polar surface area (TPSA) is 44.1 Å². The number of nitrogens with zero attached hydrogens (tertiary/aromatic N) is 2. The van der Waals surface area contributed by atoms with Gasteiger partial charge in [0.25, 0.3) is 0 Å². The molecule has 2 aromatic rings. The standard InChI is InChI=1S/C13H16N2O2S/c1-3-11-5-6-12(18-11)9-15-8-10(7-14-15)13(16)17-4-2/h5-8H,3-4,9H2,1-2H3. The molecule has 0 atom stereocenters. The van der Waals surface area contributed by atoms with Gasteiger partial charge in [-0.15, -0.1) is 11.3 Å². The van der Waals surface area contributed by atoms with E-state index in [2.05, 4.69) is 24.2 Å². The van der Waals surface area contributed by atoms with Gasteiger partial charge in [0.05, 0.1) is 24.9 Å². The Balaban J connectivity index is 2.04. The van der Waals surface area contributed by atoms with E-state index in [1.807, 2.05) is 0 Å². The fourth-order valence-electron chi connectivity index (χ4n) is 1.63. The van der Waals surface area contributed by atoms with E-state index >= 15 is 0 Å². The van der Waals surface area contributed by atoms with Crippen LogP contribution < -0.4 is 0 Å². The number of hydrogen-bond acceptors (Lipinski definition) is 4. The SMILES string of the molecule is CCOC(=O)c1cnn(Cc2ccc(CC)s2)c1. The maximum absolute atomic E-state index is 11.5. The van der Waals surface area contributed by atoms with Gasteiger partial charge in [-0.2, -0.15) is 5.10 Å². The fraction of sp³-hybridized carbons (Fsp3) is 0.385. The summed E-state index contributed by atoms with van der Waals surface area (Å²) in [5.74, 6) is -0.316. The molecule has 5 heteroatoms. The molecular formula is C13H16N2O2S. The van der Waals surface area contributed by atoms with Crippen molar-refractivity contribution >= 4 is 17.3 Å². The van der Waals surface area contributed by atoms with Crippen molar-refractivity contribution in [3.63, 3.8) is 0 Å². The molecule has 0 unspecified atom stereocenters. The third-order valence-electron chi connectivity index (χ3n) is 2.53. The van der Waals surface area contributed by atoms with Crippen LogP contribution >= 0.6 is 11.3 Å². The summed E-state index contributed by atoms with van der Waals surface area (Å²) in [5, 5.41) is 4.17. The molecular weight excluding hydrogens is 248 g/mol. The van der Waals surface area contributed by atoms with Gasteiger partial charge in [-0.05, 0) is 25.5 Å². The Morgan fingerprint density at radius 3 is 2.83 bits per heavy atom. The first-order valence-electron chi connectivity index (χ1n) is 6.00. The molecule has 0 aliphatic carbocycles. The van der Waals surface area contributed by atoms with Gasteiger partial charge in [0.15, 0.2) is 0 Å². The number of thiophene rings is 1. The Labute approximate surface area is 110 Å². The molecule has 0 saturated heterocycles. The number of aryl methyl sites for hydroxylation is 1. The molecule has 0 spiro atoms. The largest absolute Gasteiger partial charge is 0.462 e. The van der Waals surface area contributed by atoms with Crippen LogP contribution in [0.2, 0.25) is 0 Å². The van der Waals surface area contributed by atoms with Crippen LogP contribution in [-0.2, 0) is 17.7 Å². The molecule has 2 aromatic heterocycles. The third-order valence-corrected chi connectivity index (χ3v) is 3.74. The predicted molar refractivity (Wildman–Crippen MR) is 71.0 cm³/mol. The molecule has 0 N–H and O–H groups in total. The molecule has 0 aliphatic heterocycles. The Morgan fingerprint density at radius 1 is 1.39 bits per heavy atom. The number of rotatable bonds is 5. The number of ether oxygens (including phenoxy) is 1. The molecule has 2 rings (SSSR count). The van der Waals surface area contributed by atoms with Crippen LogP contribution in [-0.4, -0.2) is 22.4 Å². The average Bonchev–Trinajstić information content (AvgIpc) is 2.99. The highest BCUT2D eigenvalue weighted by Gasteiger charge is 2.09. The first-order chi connectivity index (χ1) is 8.72. The van der Waals surface area contributed by atoms with Crippen LogP contribution in [0.1, 0.15) is 34.0 Å². The second-order valence-electron chi connectivity index (χ2n) is 3.87. The summed E-state index contributed by atoms with van der Waals surface area (Å²) in [6.45, 7) is 5.02. The molecule has 4 nitrogen and oxygen atoms in total. The van der Waals surface area contributed by atoms with Gasteiger partial charge >= 0.3 is 5.97 Å². The van der Waals surface area contributed by atoms with Crippen molar-refractivity contribution in [2.45, 2.75) is 26.8 Å². The van der Waals surface area contributed by atoms with Gasteiger partial charge in [0, 0.05) is 16.0 Å². The molecule has 2 heterocycles. The summed E-state index contributed by atoms with van der Waals surface area (Å²) in [6.07, 6.45) is 4.33. The third kappa shape index (κ3) is 2.98. The highest BCUT2D eigenvalue weighted by atomic mass is 32.1. The van der Waals surface area contributed by atoms with Crippen molar-refractivity contribution in [2.75, 3.05) is 6.61 Å². The summed E-state index contributed by atoms with van der Waals surface area (Å²) < 4.78 is 6.68. The van der Waals surface area contributed by atoms with Crippen LogP contribution in [0.5, 0.6) is 0 Å². The number of carbonyl (C=O) groups is 1. The minimum absolute atomic E-state index is 0.316. The first-order valence-corrected chi connectivity index (χ1v) is 6.81. The maximum Gasteiger partial charge on any atom is 0.341 e. The summed E-state index contributed by atoms with van der Waals surface area (Å²) in [5.41, 5.74) is 0.504. The predicted octanol–water partition coefficient (Wildman–Crippen LogP) is 2.73. The summed E-state index contributed by atoms with van der Waals surface area (Å²) in [7, 11) is 0. The lowest BCUT2D eigenvalue weighted by Gasteiger charge is -1.98. The van der Waals surface area contributed by atoms with Crippen molar-refractivity contribution in [1.82, 2.24) is 9.78 Å². The maximum atomic E-state index is 11.5. The summed E-state index contributed by atoms with van der Waals surface area (Å²) in [6, 6.07) is 4.24. The molecule has 0 fully saturated rings. The second-order valence-corrected chi connectivity index (χ2v) is 5.12. The smallest absolute Gasteiger partial charge is 0.341 e. The van der Waals surface area contributed by atoms with Gasteiger partial charge in [-0.3, -0.25) is 4.68 Å². The molecule has 0 amide bonds. The van der Waals surface area contributed by atoms with E-state index in [-0.39, 0.29) is 5.97 Å². The van der Waals surface area contributed by atoms with Crippen LogP contribution in [0.25, 0.3) is 0 Å². The molecule has 18 heavy (non-hydrogen) atoms. The van der Waals surface area contributed by atoms with Crippen molar-refractivity contribution in [2.24, 2.45) is 0 Å². The summed E-state index contributed by atoms with van der Waals surface area (Å²) in [4.78, 5) is 14.1. The zero-order valence-corrected chi connectivity index (χ0v) is 11.4. The van der Waals surface area contributed by atoms with Crippen molar-refractivity contribution in [3.8, 4) is 0 Å². The minimum atomic E-state index is -0.316. The molecule has 0 bridgehead atoms. The highest BCUT2D eigenvalue weighted by molar-refractivity contribution is 7.11. The normalized spacial score (nSPS) is 10.6. The number of carbonyl (C=O) groups excluding carboxylic acids is 1. The van der Waals surface area contributed by atoms with Crippen LogP contribution in [0.15, 0.2) is 24.5 Å². The lowest BCUT2D eigenvalue weighted by molar-refractivity contribution is 0.0526. The first kappa shape index (κ1) is 12.8. The van der Waals surface area contributed by atoms with E-state index in [0.29, 0.717) is 18.7 Å². The van der Waals surface area contributed by atoms with Crippen LogP contribution in [0, 0.1) is 0 Å². The van der Waals surface area contributed by atoms with Gasteiger partial charge in [0.1, 0.15) is 0 Å². The van der Waals surface area contributed by atoms with Crippen LogP contribution in [0.3, 0.4) is 0 Å². The van der Waals surface area contributed by atoms with E-state index in [4.69, 9.17) is 4.74 Å². The Bertz CT molecular complexity index is 531. The number of esters is 1.